The van der Waals surface area contributed by atoms with Crippen LogP contribution in [0.3, 0.4) is 0 Å². The predicted molar refractivity (Wildman–Crippen MR) is 71.0 cm³/mol. The van der Waals surface area contributed by atoms with E-state index in [0.717, 1.165) is 32.0 Å². The van der Waals surface area contributed by atoms with Crippen molar-refractivity contribution in [2.45, 2.75) is 25.3 Å². The first-order chi connectivity index (χ1) is 8.88. The lowest BCUT2D eigenvalue weighted by molar-refractivity contribution is 0.0402. The fourth-order valence-corrected chi connectivity index (χ4v) is 3.10. The lowest BCUT2D eigenvalue weighted by Crippen LogP contribution is -2.31. The van der Waals surface area contributed by atoms with E-state index in [2.05, 4.69) is 23.5 Å². The highest BCUT2D eigenvalue weighted by Gasteiger charge is 2.25. The van der Waals surface area contributed by atoms with E-state index < -0.39 is 0 Å². The monoisotopic (exact) mass is 247 g/mol. The molecule has 1 aromatic rings. The zero-order valence-corrected chi connectivity index (χ0v) is 10.9. The summed E-state index contributed by atoms with van der Waals surface area (Å²) >= 11 is 0. The molecule has 0 radical (unpaired) electrons. The summed E-state index contributed by atoms with van der Waals surface area (Å²) in [6, 6.07) is 7.01. The van der Waals surface area contributed by atoms with Crippen molar-refractivity contribution in [3.05, 3.63) is 29.3 Å². The zero-order valence-electron chi connectivity index (χ0n) is 10.9. The van der Waals surface area contributed by atoms with Gasteiger partial charge in [0.15, 0.2) is 0 Å². The molecule has 98 valence electrons. The highest BCUT2D eigenvalue weighted by atomic mass is 16.5. The van der Waals surface area contributed by atoms with Crippen LogP contribution < -0.4 is 10.1 Å². The number of benzene rings is 1. The summed E-state index contributed by atoms with van der Waals surface area (Å²) in [7, 11) is 2.04. The average molecular weight is 247 g/mol. The lowest BCUT2D eigenvalue weighted by atomic mass is 9.88. The van der Waals surface area contributed by atoms with Crippen LogP contribution in [0.15, 0.2) is 18.2 Å². The van der Waals surface area contributed by atoms with Gasteiger partial charge in [-0.1, -0.05) is 12.1 Å². The van der Waals surface area contributed by atoms with Crippen LogP contribution in [0, 0.1) is 5.92 Å². The van der Waals surface area contributed by atoms with Gasteiger partial charge in [0.25, 0.3) is 0 Å². The van der Waals surface area contributed by atoms with Crippen molar-refractivity contribution in [3.63, 3.8) is 0 Å². The Morgan fingerprint density at radius 3 is 3.06 bits per heavy atom. The maximum absolute atomic E-state index is 5.61. The Bertz CT molecular complexity index is 413. The topological polar surface area (TPSA) is 30.5 Å². The zero-order chi connectivity index (χ0) is 12.4. The summed E-state index contributed by atoms with van der Waals surface area (Å²) in [6.07, 6.45) is 3.47. The molecule has 0 saturated carbocycles. The Morgan fingerprint density at radius 1 is 1.33 bits per heavy atom. The molecule has 0 aliphatic carbocycles. The van der Waals surface area contributed by atoms with Gasteiger partial charge >= 0.3 is 0 Å². The van der Waals surface area contributed by atoms with Gasteiger partial charge in [0.1, 0.15) is 5.75 Å². The Labute approximate surface area is 108 Å². The number of rotatable bonds is 3. The maximum Gasteiger partial charge on any atom is 0.122 e. The minimum atomic E-state index is 0.399. The van der Waals surface area contributed by atoms with Gasteiger partial charge in [-0.25, -0.2) is 0 Å². The van der Waals surface area contributed by atoms with E-state index in [1.165, 1.54) is 24.0 Å². The molecule has 2 heterocycles. The summed E-state index contributed by atoms with van der Waals surface area (Å²) in [5.41, 5.74) is 2.72. The largest absolute Gasteiger partial charge is 0.493 e. The van der Waals surface area contributed by atoms with E-state index in [0.29, 0.717) is 12.0 Å². The molecule has 0 bridgehead atoms. The Morgan fingerprint density at radius 2 is 2.28 bits per heavy atom. The van der Waals surface area contributed by atoms with Crippen molar-refractivity contribution in [1.82, 2.24) is 5.32 Å². The summed E-state index contributed by atoms with van der Waals surface area (Å²) in [5, 5.41) is 3.46. The summed E-state index contributed by atoms with van der Waals surface area (Å²) < 4.78 is 11.2. The summed E-state index contributed by atoms with van der Waals surface area (Å²) in [4.78, 5) is 0. The smallest absolute Gasteiger partial charge is 0.122 e. The van der Waals surface area contributed by atoms with Crippen LogP contribution in [0.5, 0.6) is 5.75 Å². The quantitative estimate of drug-likeness (QED) is 0.889. The molecule has 1 saturated heterocycles. The van der Waals surface area contributed by atoms with Crippen molar-refractivity contribution < 1.29 is 9.47 Å². The SMILES string of the molecule is CNC(c1ccc2c(c1)CCO2)C1CCCOC1. The fraction of sp³-hybridized carbons (Fsp3) is 0.600. The van der Waals surface area contributed by atoms with Gasteiger partial charge in [0, 0.05) is 25.0 Å². The molecule has 2 atom stereocenters. The molecule has 2 aliphatic heterocycles. The molecule has 0 spiro atoms. The normalized spacial score (nSPS) is 24.4. The van der Waals surface area contributed by atoms with E-state index in [-0.39, 0.29) is 0 Å². The third kappa shape index (κ3) is 2.25. The van der Waals surface area contributed by atoms with Gasteiger partial charge in [0.2, 0.25) is 0 Å². The van der Waals surface area contributed by atoms with Gasteiger partial charge in [-0.2, -0.15) is 0 Å². The van der Waals surface area contributed by atoms with Crippen LogP contribution in [-0.4, -0.2) is 26.9 Å². The molecule has 0 amide bonds. The number of hydrogen-bond acceptors (Lipinski definition) is 3. The van der Waals surface area contributed by atoms with Gasteiger partial charge in [-0.3, -0.25) is 0 Å². The summed E-state index contributed by atoms with van der Waals surface area (Å²) in [5.74, 6) is 1.65. The van der Waals surface area contributed by atoms with Crippen molar-refractivity contribution in [3.8, 4) is 5.75 Å². The highest BCUT2D eigenvalue weighted by Crippen LogP contribution is 2.33. The number of hydrogen-bond donors (Lipinski definition) is 1. The van der Waals surface area contributed by atoms with E-state index in [9.17, 15) is 0 Å². The van der Waals surface area contributed by atoms with Gasteiger partial charge in [0.05, 0.1) is 13.2 Å². The minimum Gasteiger partial charge on any atom is -0.493 e. The van der Waals surface area contributed by atoms with Gasteiger partial charge in [-0.05, 0) is 37.1 Å². The average Bonchev–Trinajstić information content (AvgIpc) is 2.88. The molecule has 1 fully saturated rings. The molecule has 1 aromatic carbocycles. The highest BCUT2D eigenvalue weighted by molar-refractivity contribution is 5.41. The predicted octanol–water partition coefficient (Wildman–Crippen LogP) is 2.31. The van der Waals surface area contributed by atoms with Crippen LogP contribution in [-0.2, 0) is 11.2 Å². The molecule has 0 aromatic heterocycles. The molecule has 2 unspecified atom stereocenters. The van der Waals surface area contributed by atoms with Gasteiger partial charge in [-0.15, -0.1) is 0 Å². The standard InChI is InChI=1S/C15H21NO2/c1-16-15(13-3-2-7-17-10-13)12-4-5-14-11(9-12)6-8-18-14/h4-5,9,13,15-16H,2-3,6-8,10H2,1H3. The number of nitrogens with one attached hydrogen (secondary N) is 1. The number of fused-ring (bicyclic) bond motifs is 1. The Kier molecular flexibility index (Phi) is 3.52. The molecule has 1 N–H and O–H groups in total. The van der Waals surface area contributed by atoms with E-state index in [1.807, 2.05) is 7.05 Å². The number of ether oxygens (including phenoxy) is 2. The van der Waals surface area contributed by atoms with Crippen molar-refractivity contribution >= 4 is 0 Å². The van der Waals surface area contributed by atoms with Crippen LogP contribution in [0.2, 0.25) is 0 Å². The molecule has 3 nitrogen and oxygen atoms in total. The summed E-state index contributed by atoms with van der Waals surface area (Å²) in [6.45, 7) is 2.62. The lowest BCUT2D eigenvalue weighted by Gasteiger charge is -2.30. The van der Waals surface area contributed by atoms with Crippen molar-refractivity contribution in [2.75, 3.05) is 26.9 Å². The third-order valence-corrected chi connectivity index (χ3v) is 4.05. The van der Waals surface area contributed by atoms with Crippen LogP contribution in [0.25, 0.3) is 0 Å². The van der Waals surface area contributed by atoms with Crippen LogP contribution >= 0.6 is 0 Å². The van der Waals surface area contributed by atoms with Crippen molar-refractivity contribution in [2.24, 2.45) is 5.92 Å². The van der Waals surface area contributed by atoms with Crippen LogP contribution in [0.4, 0.5) is 0 Å². The molecular formula is C15H21NO2. The molecule has 3 heteroatoms. The Balaban J connectivity index is 1.82. The fourth-order valence-electron chi connectivity index (χ4n) is 3.10. The van der Waals surface area contributed by atoms with Crippen LogP contribution in [0.1, 0.15) is 30.0 Å². The molecular weight excluding hydrogens is 226 g/mol. The van der Waals surface area contributed by atoms with E-state index in [4.69, 9.17) is 9.47 Å². The third-order valence-electron chi connectivity index (χ3n) is 4.05. The molecule has 18 heavy (non-hydrogen) atoms. The maximum atomic E-state index is 5.61. The molecule has 3 rings (SSSR count). The first-order valence-corrected chi connectivity index (χ1v) is 6.89. The molecule has 2 aliphatic rings. The van der Waals surface area contributed by atoms with Crippen molar-refractivity contribution in [1.29, 1.82) is 0 Å². The first kappa shape index (κ1) is 12.0. The second-order valence-electron chi connectivity index (χ2n) is 5.21. The second kappa shape index (κ2) is 5.29. The van der Waals surface area contributed by atoms with E-state index >= 15 is 0 Å². The van der Waals surface area contributed by atoms with Gasteiger partial charge < -0.3 is 14.8 Å². The first-order valence-electron chi connectivity index (χ1n) is 6.89. The second-order valence-corrected chi connectivity index (χ2v) is 5.21. The van der Waals surface area contributed by atoms with E-state index in [1.54, 1.807) is 0 Å². The minimum absolute atomic E-state index is 0.399. The Hall–Kier alpha value is -1.06.